The molecule has 216 valence electrons. The van der Waals surface area contributed by atoms with Crippen LogP contribution in [0.1, 0.15) is 45.0 Å². The van der Waals surface area contributed by atoms with E-state index < -0.39 is 12.0 Å². The number of fused-ring (bicyclic) bond motifs is 1. The second kappa shape index (κ2) is 13.1. The topological polar surface area (TPSA) is 135 Å². The standard InChI is InChI=1S/C28H24BrCl2N7O4/c1-16(26-20(30)12-33-13-21(26)31)42-24-9-25(34-11-17(24)10-32)36-28(40)18-14-38(3-2-37-4-6-41-7-5-37)23-8-19(29)22(15-39)35-27(18)23/h8-9,11-16H,2-7H2,1H3,(H,34,36,40). The molecule has 0 aliphatic carbocycles. The summed E-state index contributed by atoms with van der Waals surface area (Å²) in [6.45, 7) is 6.11. The lowest BCUT2D eigenvalue weighted by Gasteiger charge is -2.26. The van der Waals surface area contributed by atoms with Gasteiger partial charge in [0.05, 0.1) is 40.5 Å². The zero-order chi connectivity index (χ0) is 29.8. The van der Waals surface area contributed by atoms with Crippen molar-refractivity contribution in [1.82, 2.24) is 24.4 Å². The summed E-state index contributed by atoms with van der Waals surface area (Å²) in [6.07, 6.45) is 5.91. The predicted molar refractivity (Wildman–Crippen MR) is 160 cm³/mol. The Morgan fingerprint density at radius 2 is 1.98 bits per heavy atom. The van der Waals surface area contributed by atoms with Gasteiger partial charge < -0.3 is 19.4 Å². The third kappa shape index (κ3) is 6.40. The number of halogens is 3. The molecule has 0 radical (unpaired) electrons. The van der Waals surface area contributed by atoms with Crippen LogP contribution in [0, 0.1) is 11.3 Å². The molecule has 0 bridgehead atoms. The van der Waals surface area contributed by atoms with Gasteiger partial charge >= 0.3 is 0 Å². The Kier molecular flexibility index (Phi) is 9.35. The molecule has 0 aromatic carbocycles. The van der Waals surface area contributed by atoms with E-state index in [2.05, 4.69) is 41.1 Å². The van der Waals surface area contributed by atoms with E-state index in [-0.39, 0.29) is 28.4 Å². The van der Waals surface area contributed by atoms with Gasteiger partial charge in [-0.2, -0.15) is 5.26 Å². The van der Waals surface area contributed by atoms with E-state index in [1.807, 2.05) is 10.6 Å². The number of anilines is 1. The highest BCUT2D eigenvalue weighted by Crippen LogP contribution is 2.34. The molecule has 1 atom stereocenters. The van der Waals surface area contributed by atoms with Crippen LogP contribution in [0.15, 0.2) is 41.4 Å². The lowest BCUT2D eigenvalue weighted by Crippen LogP contribution is -2.38. The zero-order valence-corrected chi connectivity index (χ0v) is 25.4. The molecule has 1 N–H and O–H groups in total. The molecule has 1 saturated heterocycles. The first kappa shape index (κ1) is 29.9. The zero-order valence-electron chi connectivity index (χ0n) is 22.3. The lowest BCUT2D eigenvalue weighted by atomic mass is 10.1. The van der Waals surface area contributed by atoms with Crippen molar-refractivity contribution in [2.45, 2.75) is 19.6 Å². The number of aldehydes is 1. The quantitative estimate of drug-likeness (QED) is 0.235. The Morgan fingerprint density at radius 1 is 1.24 bits per heavy atom. The summed E-state index contributed by atoms with van der Waals surface area (Å²) >= 11 is 16.0. The molecular formula is C28H24BrCl2N7O4. The predicted octanol–water partition coefficient (Wildman–Crippen LogP) is 5.30. The molecule has 1 aliphatic rings. The minimum Gasteiger partial charge on any atom is -0.484 e. The molecule has 1 aliphatic heterocycles. The van der Waals surface area contributed by atoms with E-state index in [0.717, 1.165) is 19.6 Å². The number of nitrogens with one attached hydrogen (secondary N) is 1. The van der Waals surface area contributed by atoms with Crippen molar-refractivity contribution >= 4 is 68.2 Å². The fourth-order valence-corrected chi connectivity index (χ4v) is 5.71. The van der Waals surface area contributed by atoms with Gasteiger partial charge in [-0.15, -0.1) is 0 Å². The number of nitrogens with zero attached hydrogens (tertiary/aromatic N) is 6. The number of morpholine rings is 1. The number of rotatable bonds is 9. The van der Waals surface area contributed by atoms with E-state index in [0.29, 0.717) is 57.2 Å². The average Bonchev–Trinajstić information content (AvgIpc) is 3.33. The number of amides is 1. The van der Waals surface area contributed by atoms with Gasteiger partial charge in [-0.1, -0.05) is 23.2 Å². The van der Waals surface area contributed by atoms with Crippen molar-refractivity contribution in [2.24, 2.45) is 0 Å². The highest BCUT2D eigenvalue weighted by atomic mass is 79.9. The van der Waals surface area contributed by atoms with Crippen LogP contribution >= 0.6 is 39.1 Å². The van der Waals surface area contributed by atoms with Crippen LogP contribution in [0.4, 0.5) is 5.82 Å². The first-order valence-corrected chi connectivity index (χ1v) is 14.5. The normalized spacial score (nSPS) is 14.4. The average molecular weight is 673 g/mol. The van der Waals surface area contributed by atoms with Crippen molar-refractivity contribution in [3.05, 3.63) is 73.8 Å². The van der Waals surface area contributed by atoms with E-state index in [9.17, 15) is 14.9 Å². The molecule has 1 fully saturated rings. The minimum atomic E-state index is -0.639. The first-order chi connectivity index (χ1) is 20.3. The lowest BCUT2D eigenvalue weighted by molar-refractivity contribution is 0.0365. The number of nitriles is 1. The van der Waals surface area contributed by atoms with Crippen molar-refractivity contribution in [3.8, 4) is 11.8 Å². The molecule has 4 aromatic heterocycles. The number of hydrogen-bond acceptors (Lipinski definition) is 9. The molecule has 5 rings (SSSR count). The van der Waals surface area contributed by atoms with Gasteiger partial charge in [0.25, 0.3) is 5.91 Å². The van der Waals surface area contributed by atoms with Crippen LogP contribution in [-0.4, -0.2) is 69.5 Å². The molecule has 1 unspecified atom stereocenters. The molecule has 11 nitrogen and oxygen atoms in total. The SMILES string of the molecule is CC(Oc1cc(NC(=O)c2cn(CCN3CCOCC3)c3cc(Br)c(C=O)nc23)ncc1C#N)c1c(Cl)cncc1Cl. The molecule has 5 heterocycles. The Hall–Kier alpha value is -3.60. The number of carbonyl (C=O) groups excluding carboxylic acids is 2. The van der Waals surface area contributed by atoms with Crippen LogP contribution in [0.2, 0.25) is 10.0 Å². The number of hydrogen-bond donors (Lipinski definition) is 1. The van der Waals surface area contributed by atoms with Crippen molar-refractivity contribution in [1.29, 1.82) is 5.26 Å². The highest BCUT2D eigenvalue weighted by molar-refractivity contribution is 9.10. The monoisotopic (exact) mass is 671 g/mol. The molecular weight excluding hydrogens is 649 g/mol. The molecule has 14 heteroatoms. The summed E-state index contributed by atoms with van der Waals surface area (Å²) in [7, 11) is 0. The third-order valence-electron chi connectivity index (χ3n) is 6.78. The van der Waals surface area contributed by atoms with E-state index in [1.54, 1.807) is 19.2 Å². The maximum Gasteiger partial charge on any atom is 0.260 e. The summed E-state index contributed by atoms with van der Waals surface area (Å²) in [4.78, 5) is 40.1. The maximum atomic E-state index is 13.6. The van der Waals surface area contributed by atoms with Gasteiger partial charge in [0, 0.05) is 60.9 Å². The smallest absolute Gasteiger partial charge is 0.260 e. The van der Waals surface area contributed by atoms with Gasteiger partial charge in [-0.05, 0) is 28.9 Å². The molecule has 0 saturated carbocycles. The summed E-state index contributed by atoms with van der Waals surface area (Å²) in [5.41, 5.74) is 2.18. The van der Waals surface area contributed by atoms with Gasteiger partial charge in [0.2, 0.25) is 0 Å². The largest absolute Gasteiger partial charge is 0.484 e. The fourth-order valence-electron chi connectivity index (χ4n) is 4.63. The summed E-state index contributed by atoms with van der Waals surface area (Å²) < 4.78 is 13.9. The number of ether oxygens (including phenoxy) is 2. The first-order valence-electron chi connectivity index (χ1n) is 12.9. The molecule has 4 aromatic rings. The van der Waals surface area contributed by atoms with E-state index in [1.165, 1.54) is 24.7 Å². The Bertz CT molecular complexity index is 1680. The molecule has 0 spiro atoms. The second-order valence-electron chi connectivity index (χ2n) is 9.44. The number of pyridine rings is 3. The van der Waals surface area contributed by atoms with Crippen LogP contribution in [0.25, 0.3) is 11.0 Å². The summed E-state index contributed by atoms with van der Waals surface area (Å²) in [5, 5.41) is 13.0. The Balaban J connectivity index is 1.42. The summed E-state index contributed by atoms with van der Waals surface area (Å²) in [6, 6.07) is 5.27. The summed E-state index contributed by atoms with van der Waals surface area (Å²) in [5.74, 6) is -0.166. The highest BCUT2D eigenvalue weighted by Gasteiger charge is 2.22. The Morgan fingerprint density at radius 3 is 2.67 bits per heavy atom. The van der Waals surface area contributed by atoms with Crippen LogP contribution in [0.5, 0.6) is 5.75 Å². The van der Waals surface area contributed by atoms with Crippen molar-refractivity contribution in [2.75, 3.05) is 38.2 Å². The maximum absolute atomic E-state index is 13.6. The number of carbonyl (C=O) groups is 2. The van der Waals surface area contributed by atoms with Crippen LogP contribution in [-0.2, 0) is 11.3 Å². The van der Waals surface area contributed by atoms with Gasteiger partial charge in [-0.3, -0.25) is 19.5 Å². The van der Waals surface area contributed by atoms with Gasteiger partial charge in [0.1, 0.15) is 40.5 Å². The molecule has 42 heavy (non-hydrogen) atoms. The Labute approximate surface area is 259 Å². The van der Waals surface area contributed by atoms with Gasteiger partial charge in [-0.25, -0.2) is 9.97 Å². The minimum absolute atomic E-state index is 0.148. The van der Waals surface area contributed by atoms with E-state index >= 15 is 0 Å². The van der Waals surface area contributed by atoms with E-state index in [4.69, 9.17) is 32.7 Å². The third-order valence-corrected chi connectivity index (χ3v) is 8.02. The number of aromatic nitrogens is 4. The molecule has 1 amide bonds. The second-order valence-corrected chi connectivity index (χ2v) is 11.1. The van der Waals surface area contributed by atoms with Crippen molar-refractivity contribution < 1.29 is 19.1 Å². The van der Waals surface area contributed by atoms with Crippen molar-refractivity contribution in [3.63, 3.8) is 0 Å². The van der Waals surface area contributed by atoms with Crippen LogP contribution in [0.3, 0.4) is 0 Å². The van der Waals surface area contributed by atoms with Gasteiger partial charge in [0.15, 0.2) is 6.29 Å². The van der Waals surface area contributed by atoms with Crippen LogP contribution < -0.4 is 10.1 Å². The fraction of sp³-hybridized carbons (Fsp3) is 0.286.